The maximum absolute atomic E-state index is 6.83. The van der Waals surface area contributed by atoms with Gasteiger partial charge in [0.1, 0.15) is 16.7 Å². The Morgan fingerprint density at radius 1 is 0.321 bits per heavy atom. The molecule has 11 aromatic rings. The number of hydrogen-bond acceptors (Lipinski definition) is 3. The summed E-state index contributed by atoms with van der Waals surface area (Å²) in [5.41, 5.74) is 11.1. The van der Waals surface area contributed by atoms with Gasteiger partial charge < -0.3 is 13.7 Å². The van der Waals surface area contributed by atoms with E-state index in [-0.39, 0.29) is 0 Å². The molecular formula is C50H31NO2. The van der Waals surface area contributed by atoms with Crippen LogP contribution in [-0.4, -0.2) is 0 Å². The summed E-state index contributed by atoms with van der Waals surface area (Å²) in [6, 6.07) is 66.6. The molecule has 11 rings (SSSR count). The minimum Gasteiger partial charge on any atom is -0.455 e. The maximum Gasteiger partial charge on any atom is 0.159 e. The Morgan fingerprint density at radius 3 is 1.75 bits per heavy atom. The second-order valence-electron chi connectivity index (χ2n) is 13.7. The predicted molar refractivity (Wildman–Crippen MR) is 222 cm³/mol. The van der Waals surface area contributed by atoms with Crippen molar-refractivity contribution < 1.29 is 8.83 Å². The van der Waals surface area contributed by atoms with E-state index >= 15 is 0 Å². The summed E-state index contributed by atoms with van der Waals surface area (Å²) < 4.78 is 13.5. The molecule has 0 spiro atoms. The summed E-state index contributed by atoms with van der Waals surface area (Å²) in [6.45, 7) is 0. The number of para-hydroxylation sites is 1. The largest absolute Gasteiger partial charge is 0.455 e. The molecule has 0 aliphatic heterocycles. The van der Waals surface area contributed by atoms with E-state index in [1.54, 1.807) is 0 Å². The third-order valence-corrected chi connectivity index (χ3v) is 10.7. The van der Waals surface area contributed by atoms with E-state index in [1.807, 2.05) is 6.07 Å². The summed E-state index contributed by atoms with van der Waals surface area (Å²) in [6.07, 6.45) is 0. The molecule has 2 aromatic heterocycles. The first kappa shape index (κ1) is 29.6. The van der Waals surface area contributed by atoms with Crippen LogP contribution in [0.5, 0.6) is 0 Å². The maximum atomic E-state index is 6.83. The molecular weight excluding hydrogens is 647 g/mol. The number of anilines is 3. The molecule has 0 saturated carbocycles. The molecule has 9 aromatic carbocycles. The lowest BCUT2D eigenvalue weighted by molar-refractivity contribution is 0.668. The zero-order valence-electron chi connectivity index (χ0n) is 28.7. The number of fused-ring (bicyclic) bond motifs is 9. The van der Waals surface area contributed by atoms with E-state index in [9.17, 15) is 0 Å². The molecule has 2 heterocycles. The highest BCUT2D eigenvalue weighted by atomic mass is 16.3. The Balaban J connectivity index is 1.11. The van der Waals surface area contributed by atoms with Crippen molar-refractivity contribution in [2.75, 3.05) is 4.90 Å². The zero-order chi connectivity index (χ0) is 34.9. The van der Waals surface area contributed by atoms with Crippen LogP contribution < -0.4 is 4.90 Å². The van der Waals surface area contributed by atoms with Crippen LogP contribution in [0.3, 0.4) is 0 Å². The minimum atomic E-state index is 0.835. The molecule has 0 saturated heterocycles. The van der Waals surface area contributed by atoms with Crippen LogP contribution in [0.2, 0.25) is 0 Å². The molecule has 3 heteroatoms. The van der Waals surface area contributed by atoms with Crippen molar-refractivity contribution in [2.24, 2.45) is 0 Å². The summed E-state index contributed by atoms with van der Waals surface area (Å²) in [5.74, 6) is 0. The van der Waals surface area contributed by atoms with Gasteiger partial charge in [0.15, 0.2) is 5.58 Å². The lowest BCUT2D eigenvalue weighted by atomic mass is 9.98. The van der Waals surface area contributed by atoms with Crippen LogP contribution in [-0.2, 0) is 0 Å². The van der Waals surface area contributed by atoms with Crippen molar-refractivity contribution in [3.8, 4) is 22.3 Å². The van der Waals surface area contributed by atoms with Crippen LogP contribution in [0.15, 0.2) is 197 Å². The van der Waals surface area contributed by atoms with Crippen LogP contribution in [0.4, 0.5) is 17.1 Å². The standard InChI is InChI=1S/C50H31NO2/c1-2-10-32(11-3-1)36-23-27-42-44-18-9-19-46(50(44)53-47(42)30-36)51(37-24-20-35(21-25-37)40-17-8-14-33-12-4-6-15-39(33)40)38-26-29-43-45-28-22-34-13-5-7-16-41(34)49(45)52-48(43)31-38/h1-31H. The van der Waals surface area contributed by atoms with Crippen molar-refractivity contribution in [1.29, 1.82) is 0 Å². The normalized spacial score (nSPS) is 11.8. The molecule has 0 radical (unpaired) electrons. The van der Waals surface area contributed by atoms with Gasteiger partial charge in [0, 0.05) is 38.7 Å². The molecule has 0 N–H and O–H groups in total. The van der Waals surface area contributed by atoms with Gasteiger partial charge in [-0.1, -0.05) is 133 Å². The van der Waals surface area contributed by atoms with E-state index in [1.165, 1.54) is 27.3 Å². The number of hydrogen-bond donors (Lipinski definition) is 0. The average molecular weight is 678 g/mol. The molecule has 0 aliphatic carbocycles. The van der Waals surface area contributed by atoms with Gasteiger partial charge in [-0.25, -0.2) is 0 Å². The molecule has 0 fully saturated rings. The first-order valence-electron chi connectivity index (χ1n) is 18.0. The van der Waals surface area contributed by atoms with Crippen LogP contribution in [0.1, 0.15) is 0 Å². The Hall–Kier alpha value is -7.10. The van der Waals surface area contributed by atoms with Gasteiger partial charge in [0.25, 0.3) is 0 Å². The third kappa shape index (κ3) is 4.75. The lowest BCUT2D eigenvalue weighted by Crippen LogP contribution is -2.10. The van der Waals surface area contributed by atoms with Gasteiger partial charge in [0.2, 0.25) is 0 Å². The van der Waals surface area contributed by atoms with Gasteiger partial charge in [-0.05, 0) is 86.9 Å². The topological polar surface area (TPSA) is 29.5 Å². The average Bonchev–Trinajstić information content (AvgIpc) is 3.80. The van der Waals surface area contributed by atoms with Crippen molar-refractivity contribution in [1.82, 2.24) is 0 Å². The summed E-state index contributed by atoms with van der Waals surface area (Å²) >= 11 is 0. The predicted octanol–water partition coefficient (Wildman–Crippen LogP) is 14.6. The van der Waals surface area contributed by atoms with Gasteiger partial charge in [-0.15, -0.1) is 0 Å². The molecule has 53 heavy (non-hydrogen) atoms. The Kier molecular flexibility index (Phi) is 6.55. The van der Waals surface area contributed by atoms with Crippen LogP contribution in [0.25, 0.3) is 87.7 Å². The zero-order valence-corrected chi connectivity index (χ0v) is 28.7. The van der Waals surface area contributed by atoms with E-state index in [4.69, 9.17) is 8.83 Å². The van der Waals surface area contributed by atoms with Crippen molar-refractivity contribution in [3.05, 3.63) is 188 Å². The van der Waals surface area contributed by atoms with E-state index in [2.05, 4.69) is 187 Å². The van der Waals surface area contributed by atoms with Gasteiger partial charge in [-0.3, -0.25) is 0 Å². The molecule has 248 valence electrons. The first-order valence-corrected chi connectivity index (χ1v) is 18.0. The van der Waals surface area contributed by atoms with Crippen LogP contribution in [0, 0.1) is 0 Å². The van der Waals surface area contributed by atoms with Crippen LogP contribution >= 0.6 is 0 Å². The SMILES string of the molecule is c1ccc(-c2ccc3c(c2)oc2c(N(c4ccc(-c5cccc6ccccc56)cc4)c4ccc5c(c4)oc4c6ccccc6ccc54)cccc23)cc1. The van der Waals surface area contributed by atoms with E-state index < -0.39 is 0 Å². The smallest absolute Gasteiger partial charge is 0.159 e. The monoisotopic (exact) mass is 677 g/mol. The first-order chi connectivity index (χ1) is 26.3. The second kappa shape index (κ2) is 11.7. The fourth-order valence-electron chi connectivity index (χ4n) is 8.10. The number of furan rings is 2. The van der Waals surface area contributed by atoms with Gasteiger partial charge >= 0.3 is 0 Å². The quantitative estimate of drug-likeness (QED) is 0.182. The number of benzene rings is 9. The second-order valence-corrected chi connectivity index (χ2v) is 13.7. The lowest BCUT2D eigenvalue weighted by Gasteiger charge is -2.25. The van der Waals surface area contributed by atoms with Crippen molar-refractivity contribution in [2.45, 2.75) is 0 Å². The molecule has 0 bridgehead atoms. The van der Waals surface area contributed by atoms with Gasteiger partial charge in [0.05, 0.1) is 11.4 Å². The highest BCUT2D eigenvalue weighted by Gasteiger charge is 2.21. The summed E-state index contributed by atoms with van der Waals surface area (Å²) in [5, 5.41) is 9.13. The Morgan fingerprint density at radius 2 is 0.906 bits per heavy atom. The Bertz CT molecular complexity index is 3160. The summed E-state index contributed by atoms with van der Waals surface area (Å²) in [7, 11) is 0. The molecule has 0 aliphatic rings. The Labute approximate surface area is 305 Å². The summed E-state index contributed by atoms with van der Waals surface area (Å²) in [4.78, 5) is 2.29. The van der Waals surface area contributed by atoms with Gasteiger partial charge in [-0.2, -0.15) is 0 Å². The fraction of sp³-hybridized carbons (Fsp3) is 0. The van der Waals surface area contributed by atoms with Crippen molar-refractivity contribution >= 4 is 82.5 Å². The number of rotatable bonds is 5. The van der Waals surface area contributed by atoms with E-state index in [0.717, 1.165) is 77.5 Å². The molecule has 0 unspecified atom stereocenters. The third-order valence-electron chi connectivity index (χ3n) is 10.7. The van der Waals surface area contributed by atoms with E-state index in [0.29, 0.717) is 0 Å². The fourth-order valence-corrected chi connectivity index (χ4v) is 8.10. The minimum absolute atomic E-state index is 0.835. The molecule has 0 atom stereocenters. The van der Waals surface area contributed by atoms with Crippen molar-refractivity contribution in [3.63, 3.8) is 0 Å². The molecule has 0 amide bonds. The molecule has 3 nitrogen and oxygen atoms in total. The highest BCUT2D eigenvalue weighted by Crippen LogP contribution is 2.45. The number of nitrogens with zero attached hydrogens (tertiary/aromatic N) is 1. The highest BCUT2D eigenvalue weighted by molar-refractivity contribution is 6.16.